The van der Waals surface area contributed by atoms with E-state index in [0.29, 0.717) is 77.8 Å². The largest absolute Gasteiger partial charge is 0.480 e. The molecule has 0 spiro atoms. The predicted octanol–water partition coefficient (Wildman–Crippen LogP) is -0.311. The molecule has 1 aliphatic heterocycles. The van der Waals surface area contributed by atoms with E-state index in [1.54, 1.807) is 14.7 Å². The van der Waals surface area contributed by atoms with E-state index < -0.39 is 24.1 Å². The minimum Gasteiger partial charge on any atom is -0.480 e. The number of unbranched alkanes of at least 4 members (excludes halogenated alkanes) is 2. The van der Waals surface area contributed by atoms with Gasteiger partial charge < -0.3 is 25.4 Å². The molecule has 42 heavy (non-hydrogen) atoms. The van der Waals surface area contributed by atoms with Gasteiger partial charge in [0.25, 0.3) is 0 Å². The molecule has 0 aliphatic carbocycles. The number of rotatable bonds is 19. The van der Waals surface area contributed by atoms with Gasteiger partial charge in [0.1, 0.15) is 6.17 Å². The lowest BCUT2D eigenvalue weighted by molar-refractivity contribution is -0.140. The molecule has 1 saturated heterocycles. The highest BCUT2D eigenvalue weighted by Gasteiger charge is 2.23. The van der Waals surface area contributed by atoms with Crippen molar-refractivity contribution in [2.24, 2.45) is 5.92 Å². The molecule has 0 aromatic rings. The molecule has 0 saturated carbocycles. The minimum absolute atomic E-state index is 0.0553. The van der Waals surface area contributed by atoms with Crippen molar-refractivity contribution in [3.8, 4) is 0 Å². The Bertz CT molecular complexity index is 798. The number of amides is 1. The second-order valence-electron chi connectivity index (χ2n) is 11.3. The van der Waals surface area contributed by atoms with Gasteiger partial charge in [-0.1, -0.05) is 20.3 Å². The van der Waals surface area contributed by atoms with Crippen molar-refractivity contribution in [2.75, 3.05) is 85.1 Å². The van der Waals surface area contributed by atoms with Gasteiger partial charge in [0.15, 0.2) is 6.29 Å². The maximum Gasteiger partial charge on any atom is 0.317 e. The van der Waals surface area contributed by atoms with Gasteiger partial charge >= 0.3 is 17.9 Å². The quantitative estimate of drug-likeness (QED) is 0.0962. The summed E-state index contributed by atoms with van der Waals surface area (Å²) in [5.41, 5.74) is 0. The van der Waals surface area contributed by atoms with Crippen LogP contribution in [0.3, 0.4) is 0 Å². The summed E-state index contributed by atoms with van der Waals surface area (Å²) in [7, 11) is 0. The van der Waals surface area contributed by atoms with E-state index in [1.807, 2.05) is 4.90 Å². The molecule has 5 N–H and O–H groups in total. The normalized spacial score (nSPS) is 17.7. The van der Waals surface area contributed by atoms with Crippen molar-refractivity contribution in [1.29, 1.82) is 0 Å². The molecule has 0 aromatic heterocycles. The van der Waals surface area contributed by atoms with E-state index in [9.17, 15) is 39.3 Å². The first kappa shape index (κ1) is 37.4. The number of hydrogen-bond acceptors (Lipinski definition) is 10. The number of nitrogens with one attached hydrogen (secondary N) is 2. The predicted molar refractivity (Wildman–Crippen MR) is 157 cm³/mol. The van der Waals surface area contributed by atoms with Crippen LogP contribution in [0.1, 0.15) is 52.4 Å². The number of carboxylic acids is 3. The molecule has 1 atom stereocenters. The maximum atomic E-state index is 12.1. The molecule has 1 aliphatic rings. The van der Waals surface area contributed by atoms with E-state index in [0.717, 1.165) is 38.4 Å². The smallest absolute Gasteiger partial charge is 0.317 e. The van der Waals surface area contributed by atoms with Crippen LogP contribution in [0.2, 0.25) is 0 Å². The van der Waals surface area contributed by atoms with Crippen LogP contribution in [0.15, 0.2) is 0 Å². The lowest BCUT2D eigenvalue weighted by atomic mass is 10.1. The fraction of sp³-hybridized carbons (Fsp3) is 0.821. The monoisotopic (exact) mass is 600 g/mol. The van der Waals surface area contributed by atoms with Crippen molar-refractivity contribution < 1.29 is 39.3 Å². The number of carbonyl (C=O) groups is 5. The number of carbonyl (C=O) groups excluding carboxylic acids is 2. The van der Waals surface area contributed by atoms with Gasteiger partial charge in [-0.15, -0.1) is 0 Å². The van der Waals surface area contributed by atoms with E-state index in [1.165, 1.54) is 0 Å². The summed E-state index contributed by atoms with van der Waals surface area (Å²) < 4.78 is 0. The molecular formula is C28H52N6O8. The van der Waals surface area contributed by atoms with Gasteiger partial charge in [-0.3, -0.25) is 44.1 Å². The number of aliphatic carboxylic acids is 3. The standard InChI is InChI=1S/C28H52N6O8/c1-23(2)7-6-10-30-25(36)8-4-3-5-9-29-24(22-35)34-17-15-32(20-27(39)40)13-11-31(19-26(37)38)12-14-33(16-18-34)21-28(41)42/h22-24,29H,3-21H2,1-2H3,(H,30,36)(H,37,38)(H,39,40)(H,41,42). The zero-order chi connectivity index (χ0) is 31.3. The average Bonchev–Trinajstić information content (AvgIpc) is 2.90. The zero-order valence-corrected chi connectivity index (χ0v) is 25.3. The fourth-order valence-electron chi connectivity index (χ4n) is 4.81. The van der Waals surface area contributed by atoms with Crippen molar-refractivity contribution in [1.82, 2.24) is 30.2 Å². The molecular weight excluding hydrogens is 548 g/mol. The van der Waals surface area contributed by atoms with Crippen LogP contribution in [-0.4, -0.2) is 156 Å². The summed E-state index contributed by atoms with van der Waals surface area (Å²) in [4.78, 5) is 65.3. The summed E-state index contributed by atoms with van der Waals surface area (Å²) in [6.45, 7) is 7.56. The third-order valence-electron chi connectivity index (χ3n) is 7.19. The highest BCUT2D eigenvalue weighted by molar-refractivity contribution is 5.75. The van der Waals surface area contributed by atoms with Crippen LogP contribution < -0.4 is 10.6 Å². The number of nitrogens with zero attached hydrogens (tertiary/aromatic N) is 4. The number of carboxylic acid groups (broad SMARTS) is 3. The van der Waals surface area contributed by atoms with Gasteiger partial charge in [0, 0.05) is 65.3 Å². The second-order valence-corrected chi connectivity index (χ2v) is 11.3. The molecule has 1 fully saturated rings. The fourth-order valence-corrected chi connectivity index (χ4v) is 4.81. The van der Waals surface area contributed by atoms with Crippen LogP contribution >= 0.6 is 0 Å². The molecule has 0 bridgehead atoms. The highest BCUT2D eigenvalue weighted by Crippen LogP contribution is 2.05. The Hall–Kier alpha value is -2.65. The summed E-state index contributed by atoms with van der Waals surface area (Å²) >= 11 is 0. The average molecular weight is 601 g/mol. The first-order valence-corrected chi connectivity index (χ1v) is 15.0. The van der Waals surface area contributed by atoms with E-state index >= 15 is 0 Å². The Balaban J connectivity index is 2.70. The second kappa shape index (κ2) is 22.0. The van der Waals surface area contributed by atoms with Gasteiger partial charge in [0.2, 0.25) is 5.91 Å². The molecule has 1 heterocycles. The lowest BCUT2D eigenvalue weighted by Gasteiger charge is -2.35. The molecule has 242 valence electrons. The summed E-state index contributed by atoms with van der Waals surface area (Å²) in [6.07, 6.45) is 5.03. The van der Waals surface area contributed by atoms with Crippen LogP contribution in [0, 0.1) is 5.92 Å². The number of aldehydes is 1. The topological polar surface area (TPSA) is 183 Å². The van der Waals surface area contributed by atoms with Crippen LogP contribution in [0.25, 0.3) is 0 Å². The van der Waals surface area contributed by atoms with Crippen LogP contribution in [-0.2, 0) is 24.0 Å². The van der Waals surface area contributed by atoms with Gasteiger partial charge in [-0.25, -0.2) is 0 Å². The number of hydrogen-bond donors (Lipinski definition) is 5. The molecule has 0 aromatic carbocycles. The summed E-state index contributed by atoms with van der Waals surface area (Å²) in [5, 5.41) is 34.2. The summed E-state index contributed by atoms with van der Waals surface area (Å²) in [5.74, 6) is -2.33. The molecule has 1 unspecified atom stereocenters. The van der Waals surface area contributed by atoms with E-state index in [2.05, 4.69) is 24.5 Å². The van der Waals surface area contributed by atoms with Crippen molar-refractivity contribution in [2.45, 2.75) is 58.5 Å². The Morgan fingerprint density at radius 3 is 1.60 bits per heavy atom. The third-order valence-corrected chi connectivity index (χ3v) is 7.19. The van der Waals surface area contributed by atoms with Gasteiger partial charge in [-0.05, 0) is 38.1 Å². The Morgan fingerprint density at radius 1 is 0.690 bits per heavy atom. The SMILES string of the molecule is CC(C)CCCNC(=O)CCCCCNC(C=O)N1CCN(CC(=O)O)CCN(CC(=O)O)CCN(CC(=O)O)CC1. The first-order chi connectivity index (χ1) is 20.0. The third kappa shape index (κ3) is 18.7. The maximum absolute atomic E-state index is 12.1. The van der Waals surface area contributed by atoms with Crippen molar-refractivity contribution in [3.05, 3.63) is 0 Å². The van der Waals surface area contributed by atoms with Crippen molar-refractivity contribution >= 4 is 30.1 Å². The van der Waals surface area contributed by atoms with E-state index in [-0.39, 0.29) is 25.5 Å². The molecule has 1 rings (SSSR count). The summed E-state index contributed by atoms with van der Waals surface area (Å²) in [6, 6.07) is 0. The molecule has 0 radical (unpaired) electrons. The van der Waals surface area contributed by atoms with Gasteiger partial charge in [0.05, 0.1) is 19.6 Å². The molecule has 14 heteroatoms. The molecule has 14 nitrogen and oxygen atoms in total. The Morgan fingerprint density at radius 2 is 1.17 bits per heavy atom. The minimum atomic E-state index is -1.01. The van der Waals surface area contributed by atoms with Gasteiger partial charge in [-0.2, -0.15) is 0 Å². The zero-order valence-electron chi connectivity index (χ0n) is 25.3. The first-order valence-electron chi connectivity index (χ1n) is 15.0. The molecule has 1 amide bonds. The van der Waals surface area contributed by atoms with Crippen molar-refractivity contribution in [3.63, 3.8) is 0 Å². The van der Waals surface area contributed by atoms with E-state index in [4.69, 9.17) is 0 Å². The van der Waals surface area contributed by atoms with Crippen LogP contribution in [0.5, 0.6) is 0 Å². The Labute approximate surface area is 249 Å². The lowest BCUT2D eigenvalue weighted by Crippen LogP contribution is -2.54. The Kier molecular flexibility index (Phi) is 19.5. The highest BCUT2D eigenvalue weighted by atomic mass is 16.4. The van der Waals surface area contributed by atoms with Crippen LogP contribution in [0.4, 0.5) is 0 Å².